The first-order valence-electron chi connectivity index (χ1n) is 21.0. The molecule has 9 heteroatoms. The molecule has 2 aliphatic rings. The number of fused-ring (bicyclic) bond motifs is 5. The Balaban J connectivity index is 1.17. The Hall–Kier alpha value is -8.03. The molecule has 0 N–H and O–H groups in total. The number of para-hydroxylation sites is 8. The van der Waals surface area contributed by atoms with Gasteiger partial charge >= 0.3 is 14.0 Å². The van der Waals surface area contributed by atoms with Crippen LogP contribution in [0.5, 0.6) is 0 Å². The van der Waals surface area contributed by atoms with E-state index in [1.807, 2.05) is 13.0 Å². The lowest BCUT2D eigenvalue weighted by Gasteiger charge is -2.30. The zero-order valence-electron chi connectivity index (χ0n) is 34.3. The van der Waals surface area contributed by atoms with Crippen molar-refractivity contribution in [3.8, 4) is 0 Å². The highest BCUT2D eigenvalue weighted by atomic mass is 15.3. The summed E-state index contributed by atoms with van der Waals surface area (Å²) in [6.45, 7) is 5.58. The van der Waals surface area contributed by atoms with E-state index in [-0.39, 0.29) is 14.0 Å². The van der Waals surface area contributed by atoms with Crippen LogP contribution >= 0.6 is 0 Å². The van der Waals surface area contributed by atoms with Crippen molar-refractivity contribution in [3.05, 3.63) is 219 Å². The zero-order chi connectivity index (χ0) is 41.6. The van der Waals surface area contributed by atoms with E-state index < -0.39 is 0 Å². The first-order valence-corrected chi connectivity index (χ1v) is 21.0. The number of hydrogen-bond acceptors (Lipinski definition) is 5. The fraction of sp³-hybridized carbons (Fsp3) is 0.0189. The molecule has 7 nitrogen and oxygen atoms in total. The van der Waals surface area contributed by atoms with E-state index >= 15 is 0 Å². The molecule has 0 saturated heterocycles. The fourth-order valence-electron chi connectivity index (χ4n) is 9.48. The Morgan fingerprint density at radius 1 is 0.435 bits per heavy atom. The minimum absolute atomic E-state index is 0.191. The summed E-state index contributed by atoms with van der Waals surface area (Å²) in [5.74, 6) is 0.513. The molecule has 3 heterocycles. The van der Waals surface area contributed by atoms with Crippen molar-refractivity contribution in [2.75, 3.05) is 19.2 Å². The van der Waals surface area contributed by atoms with Crippen LogP contribution in [-0.2, 0) is 0 Å². The SMILES string of the molecule is C=N/C(=N\C=C/C)n1c2ccc(B3N(c4ccccc4)c4ccccc4N3c3ccccc3)cc2c2cc(B3N(c4ccccc4)c4ccccc4N3c3ccccc3)ccc21. The summed E-state index contributed by atoms with van der Waals surface area (Å²) in [5.41, 5.74) is 13.4. The molecule has 9 aromatic rings. The lowest BCUT2D eigenvalue weighted by molar-refractivity contribution is 1.22. The third kappa shape index (κ3) is 6.00. The van der Waals surface area contributed by atoms with Crippen molar-refractivity contribution < 1.29 is 0 Å². The number of rotatable bonds is 7. The smallest absolute Gasteiger partial charge is 0.360 e. The fourth-order valence-corrected chi connectivity index (χ4v) is 9.48. The number of aliphatic imine (C=N–C) groups is 2. The molecular formula is C53H41B2N7. The second-order valence-corrected chi connectivity index (χ2v) is 15.5. The van der Waals surface area contributed by atoms with Gasteiger partial charge < -0.3 is 19.2 Å². The van der Waals surface area contributed by atoms with Gasteiger partial charge in [0.2, 0.25) is 5.96 Å². The van der Waals surface area contributed by atoms with Crippen molar-refractivity contribution in [2.24, 2.45) is 9.98 Å². The maximum Gasteiger partial charge on any atom is 0.420 e. The second kappa shape index (κ2) is 15.5. The molecule has 0 spiro atoms. The van der Waals surface area contributed by atoms with E-state index in [1.54, 1.807) is 6.20 Å². The van der Waals surface area contributed by atoms with Crippen LogP contribution in [-0.4, -0.2) is 31.2 Å². The molecule has 294 valence electrons. The van der Waals surface area contributed by atoms with Crippen LogP contribution in [0.2, 0.25) is 0 Å². The van der Waals surface area contributed by atoms with Crippen molar-refractivity contribution in [1.29, 1.82) is 0 Å². The highest BCUT2D eigenvalue weighted by Crippen LogP contribution is 2.48. The Kier molecular flexibility index (Phi) is 9.27. The Morgan fingerprint density at radius 2 is 0.758 bits per heavy atom. The van der Waals surface area contributed by atoms with E-state index in [9.17, 15) is 0 Å². The van der Waals surface area contributed by atoms with Crippen molar-refractivity contribution in [1.82, 2.24) is 4.57 Å². The van der Waals surface area contributed by atoms with Crippen molar-refractivity contribution in [3.63, 3.8) is 0 Å². The summed E-state index contributed by atoms with van der Waals surface area (Å²) in [6.07, 6.45) is 3.69. The summed E-state index contributed by atoms with van der Waals surface area (Å²) in [5, 5.41) is 2.20. The monoisotopic (exact) mass is 797 g/mol. The van der Waals surface area contributed by atoms with Gasteiger partial charge in [0.15, 0.2) is 0 Å². The Bertz CT molecular complexity index is 2820. The van der Waals surface area contributed by atoms with Crippen LogP contribution in [0.4, 0.5) is 45.5 Å². The van der Waals surface area contributed by atoms with Gasteiger partial charge in [-0.2, -0.15) is 0 Å². The normalized spacial score (nSPS) is 13.8. The molecule has 11 rings (SSSR count). The van der Waals surface area contributed by atoms with Gasteiger partial charge in [0.25, 0.3) is 0 Å². The Morgan fingerprint density at radius 3 is 1.06 bits per heavy atom. The molecule has 1 aromatic heterocycles. The van der Waals surface area contributed by atoms with Crippen molar-refractivity contribution >= 4 is 105 Å². The molecule has 0 amide bonds. The van der Waals surface area contributed by atoms with Gasteiger partial charge in [-0.25, -0.2) is 9.98 Å². The van der Waals surface area contributed by atoms with Gasteiger partial charge in [-0.3, -0.25) is 4.57 Å². The first kappa shape index (κ1) is 37.0. The third-order valence-corrected chi connectivity index (χ3v) is 12.0. The minimum atomic E-state index is -0.191. The molecule has 0 saturated carbocycles. The summed E-state index contributed by atoms with van der Waals surface area (Å²) in [6, 6.07) is 74.0. The maximum absolute atomic E-state index is 4.80. The molecule has 0 fully saturated rings. The number of aromatic nitrogens is 1. The van der Waals surface area contributed by atoms with Crippen LogP contribution < -0.4 is 30.2 Å². The third-order valence-electron chi connectivity index (χ3n) is 12.0. The highest BCUT2D eigenvalue weighted by molar-refractivity contribution is 6.85. The van der Waals surface area contributed by atoms with E-state index in [0.29, 0.717) is 5.96 Å². The largest absolute Gasteiger partial charge is 0.420 e. The highest BCUT2D eigenvalue weighted by Gasteiger charge is 2.45. The summed E-state index contributed by atoms with van der Waals surface area (Å²) < 4.78 is 2.14. The molecule has 0 aliphatic carbocycles. The topological polar surface area (TPSA) is 42.6 Å². The number of benzene rings is 8. The predicted octanol–water partition coefficient (Wildman–Crippen LogP) is 11.6. The zero-order valence-corrected chi connectivity index (χ0v) is 34.3. The lowest BCUT2D eigenvalue weighted by atomic mass is 9.63. The first-order chi connectivity index (χ1) is 30.7. The van der Waals surface area contributed by atoms with Crippen LogP contribution in [0.15, 0.2) is 229 Å². The van der Waals surface area contributed by atoms with Crippen LogP contribution in [0.3, 0.4) is 0 Å². The maximum atomic E-state index is 4.80. The molecular weight excluding hydrogens is 756 g/mol. The van der Waals surface area contributed by atoms with Gasteiger partial charge in [-0.15, -0.1) is 0 Å². The minimum Gasteiger partial charge on any atom is -0.360 e. The van der Waals surface area contributed by atoms with Gasteiger partial charge in [-0.1, -0.05) is 127 Å². The van der Waals surface area contributed by atoms with Gasteiger partial charge in [-0.05, 0) is 109 Å². The predicted molar refractivity (Wildman–Crippen MR) is 265 cm³/mol. The molecule has 0 radical (unpaired) electrons. The van der Waals surface area contributed by atoms with Crippen molar-refractivity contribution in [2.45, 2.75) is 6.92 Å². The van der Waals surface area contributed by atoms with Crippen LogP contribution in [0, 0.1) is 0 Å². The Labute approximate surface area is 362 Å². The molecule has 8 aromatic carbocycles. The van der Waals surface area contributed by atoms with E-state index in [2.05, 4.69) is 242 Å². The molecule has 0 unspecified atom stereocenters. The van der Waals surface area contributed by atoms with E-state index in [0.717, 1.165) is 78.2 Å². The van der Waals surface area contributed by atoms with Gasteiger partial charge in [0.1, 0.15) is 0 Å². The van der Waals surface area contributed by atoms with E-state index in [1.165, 1.54) is 0 Å². The summed E-state index contributed by atoms with van der Waals surface area (Å²) >= 11 is 0. The second-order valence-electron chi connectivity index (χ2n) is 15.5. The summed E-state index contributed by atoms with van der Waals surface area (Å²) in [7, 11) is 0. The van der Waals surface area contributed by atoms with Gasteiger partial charge in [0, 0.05) is 39.7 Å². The van der Waals surface area contributed by atoms with Crippen LogP contribution in [0.1, 0.15) is 6.92 Å². The van der Waals surface area contributed by atoms with Crippen LogP contribution in [0.25, 0.3) is 21.8 Å². The molecule has 62 heavy (non-hydrogen) atoms. The number of hydrogen-bond donors (Lipinski definition) is 0. The average molecular weight is 798 g/mol. The lowest BCUT2D eigenvalue weighted by Crippen LogP contribution is -2.53. The van der Waals surface area contributed by atoms with E-state index in [4.69, 9.17) is 4.99 Å². The quantitative estimate of drug-likeness (QED) is 0.0915. The molecule has 0 bridgehead atoms. The number of allylic oxidation sites excluding steroid dienone is 1. The standard InChI is InChI=1S/C53H41B2N7/c1-3-36-57-53(56-2)58-47-34-32-39(54-59(41-20-8-4-9-21-41)49-28-16-17-29-50(49)60(54)42-22-10-5-11-23-42)37-45(47)46-38-40(33-35-48(46)58)55-61(43-24-12-6-13-25-43)51-30-18-19-31-52(51)62(55)44-26-14-7-15-27-44/h3-38H,2H2,1H3/b36-3-,57-53+. The summed E-state index contributed by atoms with van der Waals surface area (Å²) in [4.78, 5) is 19.2. The van der Waals surface area contributed by atoms with Gasteiger partial charge in [0.05, 0.1) is 33.8 Å². The molecule has 2 aliphatic heterocycles. The number of anilines is 8. The average Bonchev–Trinajstić information content (AvgIpc) is 3.99. The number of nitrogens with zero attached hydrogens (tertiary/aromatic N) is 7. The molecule has 0 atom stereocenters.